The van der Waals surface area contributed by atoms with Crippen molar-refractivity contribution in [2.75, 3.05) is 19.6 Å². The second kappa shape index (κ2) is 8.85. The van der Waals surface area contributed by atoms with E-state index in [1.807, 2.05) is 54.6 Å². The maximum Gasteiger partial charge on any atom is 0.223 e. The molecule has 6 heteroatoms. The number of halogens is 1. The Hall–Kier alpha value is -1.92. The van der Waals surface area contributed by atoms with E-state index >= 15 is 0 Å². The predicted molar refractivity (Wildman–Crippen MR) is 105 cm³/mol. The molecular formula is C21H25ClN2O3. The summed E-state index contributed by atoms with van der Waals surface area (Å²) in [5.74, 6) is -0.0495. The van der Waals surface area contributed by atoms with E-state index in [-0.39, 0.29) is 25.5 Å². The fourth-order valence-electron chi connectivity index (χ4n) is 3.32. The van der Waals surface area contributed by atoms with Gasteiger partial charge in [-0.2, -0.15) is 0 Å². The number of aliphatic hydroxyl groups excluding tert-OH is 1. The Balaban J connectivity index is 1.48. The Morgan fingerprint density at radius 1 is 1.15 bits per heavy atom. The molecule has 2 aromatic carbocycles. The number of carbonyl (C=O) groups excluding carboxylic acids is 1. The number of aryl methyl sites for hydroxylation is 1. The predicted octanol–water partition coefficient (Wildman–Crippen LogP) is 2.00. The molecule has 1 heterocycles. The smallest absolute Gasteiger partial charge is 0.223 e. The summed E-state index contributed by atoms with van der Waals surface area (Å²) in [6, 6.07) is 17.3. The van der Waals surface area contributed by atoms with E-state index in [0.717, 1.165) is 11.1 Å². The van der Waals surface area contributed by atoms with Crippen LogP contribution in [0.15, 0.2) is 54.6 Å². The minimum absolute atomic E-state index is 0.0495. The van der Waals surface area contributed by atoms with Gasteiger partial charge in [0.2, 0.25) is 5.91 Å². The number of benzene rings is 2. The number of nitrogens with one attached hydrogen (secondary N) is 1. The van der Waals surface area contributed by atoms with Crippen LogP contribution in [0.2, 0.25) is 5.02 Å². The third-order valence-electron chi connectivity index (χ3n) is 4.97. The van der Waals surface area contributed by atoms with Crippen LogP contribution in [0.5, 0.6) is 0 Å². The highest BCUT2D eigenvalue weighted by Gasteiger charge is 2.45. The second-order valence-electron chi connectivity index (χ2n) is 7.11. The Labute approximate surface area is 164 Å². The van der Waals surface area contributed by atoms with E-state index in [9.17, 15) is 15.0 Å². The molecule has 1 amide bonds. The van der Waals surface area contributed by atoms with Gasteiger partial charge in [0.05, 0.1) is 6.54 Å². The van der Waals surface area contributed by atoms with Gasteiger partial charge in [-0.15, -0.1) is 0 Å². The van der Waals surface area contributed by atoms with Gasteiger partial charge in [0, 0.05) is 31.1 Å². The molecule has 0 unspecified atom stereocenters. The van der Waals surface area contributed by atoms with Gasteiger partial charge in [-0.3, -0.25) is 4.79 Å². The van der Waals surface area contributed by atoms with Gasteiger partial charge in [-0.25, -0.2) is 0 Å². The van der Waals surface area contributed by atoms with Crippen LogP contribution in [0.4, 0.5) is 0 Å². The van der Waals surface area contributed by atoms with Crippen LogP contribution < -0.4 is 5.32 Å². The fourth-order valence-corrected chi connectivity index (χ4v) is 3.45. The lowest BCUT2D eigenvalue weighted by Gasteiger charge is -2.26. The summed E-state index contributed by atoms with van der Waals surface area (Å²) in [6.45, 7) is 1.05. The molecule has 1 saturated heterocycles. The first-order valence-electron chi connectivity index (χ1n) is 9.13. The van der Waals surface area contributed by atoms with Crippen molar-refractivity contribution in [3.05, 3.63) is 70.7 Å². The van der Waals surface area contributed by atoms with Gasteiger partial charge in [-0.1, -0.05) is 54.1 Å². The van der Waals surface area contributed by atoms with E-state index < -0.39 is 11.7 Å². The van der Waals surface area contributed by atoms with Crippen LogP contribution in [-0.4, -0.2) is 52.4 Å². The average molecular weight is 389 g/mol. The zero-order valence-electron chi connectivity index (χ0n) is 15.1. The molecule has 0 bridgehead atoms. The molecule has 2 atom stereocenters. The van der Waals surface area contributed by atoms with Gasteiger partial charge in [0.25, 0.3) is 0 Å². The minimum atomic E-state index is -1.34. The summed E-state index contributed by atoms with van der Waals surface area (Å²) in [5, 5.41) is 24.9. The normalized spacial score (nSPS) is 22.2. The maximum atomic E-state index is 12.4. The van der Waals surface area contributed by atoms with Crippen LogP contribution in [0.25, 0.3) is 0 Å². The van der Waals surface area contributed by atoms with Crippen molar-refractivity contribution in [3.63, 3.8) is 0 Å². The Kier molecular flexibility index (Phi) is 6.50. The third-order valence-corrected chi connectivity index (χ3v) is 5.23. The highest BCUT2D eigenvalue weighted by molar-refractivity contribution is 6.30. The molecule has 27 heavy (non-hydrogen) atoms. The topological polar surface area (TPSA) is 72.8 Å². The lowest BCUT2D eigenvalue weighted by Crippen LogP contribution is -2.50. The average Bonchev–Trinajstić information content (AvgIpc) is 2.97. The molecule has 2 aromatic rings. The van der Waals surface area contributed by atoms with Crippen LogP contribution in [0.3, 0.4) is 0 Å². The van der Waals surface area contributed by atoms with Crippen LogP contribution in [0, 0.1) is 0 Å². The number of hydrogen-bond acceptors (Lipinski definition) is 4. The van der Waals surface area contributed by atoms with Crippen LogP contribution >= 0.6 is 11.6 Å². The van der Waals surface area contributed by atoms with Crippen molar-refractivity contribution in [2.24, 2.45) is 0 Å². The Morgan fingerprint density at radius 3 is 2.56 bits per heavy atom. The number of nitrogens with zero attached hydrogens (tertiary/aromatic N) is 1. The van der Waals surface area contributed by atoms with E-state index in [4.69, 9.17) is 11.6 Å². The molecule has 0 radical (unpaired) electrons. The zero-order valence-corrected chi connectivity index (χ0v) is 15.9. The second-order valence-corrected chi connectivity index (χ2v) is 7.55. The van der Waals surface area contributed by atoms with Crippen molar-refractivity contribution in [1.82, 2.24) is 10.2 Å². The van der Waals surface area contributed by atoms with Gasteiger partial charge < -0.3 is 20.4 Å². The molecule has 0 spiro atoms. The number of aliphatic hydroxyl groups is 2. The summed E-state index contributed by atoms with van der Waals surface area (Å²) in [4.78, 5) is 14.0. The largest absolute Gasteiger partial charge is 0.388 e. The molecule has 1 fully saturated rings. The standard InChI is InChI=1S/C21H25ClN2O3/c22-18-9-6-17(7-10-18)12-23-14-21(27)15-24(13-19(21)25)20(26)11-8-16-4-2-1-3-5-16/h1-7,9-10,19,23,25,27H,8,11-15H2/t19-,21+/m1/s1. The summed E-state index contributed by atoms with van der Waals surface area (Å²) in [6.07, 6.45) is 0.0562. The van der Waals surface area contributed by atoms with Crippen LogP contribution in [-0.2, 0) is 17.8 Å². The SMILES string of the molecule is O=C(CCc1ccccc1)N1C[C@@H](O)[C@](O)(CNCc2ccc(Cl)cc2)C1. The molecule has 3 rings (SSSR count). The van der Waals surface area contributed by atoms with Gasteiger partial charge in [0.1, 0.15) is 11.7 Å². The maximum absolute atomic E-state index is 12.4. The fraction of sp³-hybridized carbons (Fsp3) is 0.381. The van der Waals surface area contributed by atoms with E-state index in [2.05, 4.69) is 5.32 Å². The quantitative estimate of drug-likeness (QED) is 0.678. The van der Waals surface area contributed by atoms with Gasteiger partial charge in [0.15, 0.2) is 0 Å². The summed E-state index contributed by atoms with van der Waals surface area (Å²) >= 11 is 5.87. The Morgan fingerprint density at radius 2 is 1.85 bits per heavy atom. The molecule has 3 N–H and O–H groups in total. The van der Waals surface area contributed by atoms with Crippen molar-refractivity contribution < 1.29 is 15.0 Å². The number of amides is 1. The Bertz CT molecular complexity index is 754. The van der Waals surface area contributed by atoms with Crippen molar-refractivity contribution in [2.45, 2.75) is 31.1 Å². The van der Waals surface area contributed by atoms with Gasteiger partial charge in [-0.05, 0) is 29.7 Å². The molecule has 144 valence electrons. The van der Waals surface area contributed by atoms with E-state index in [0.29, 0.717) is 24.4 Å². The lowest BCUT2D eigenvalue weighted by atomic mass is 10.0. The van der Waals surface area contributed by atoms with Crippen LogP contribution in [0.1, 0.15) is 17.5 Å². The summed E-state index contributed by atoms with van der Waals surface area (Å²) < 4.78 is 0. The van der Waals surface area contributed by atoms with Crippen molar-refractivity contribution >= 4 is 17.5 Å². The number of carbonyl (C=O) groups is 1. The number of rotatable bonds is 7. The van der Waals surface area contributed by atoms with Gasteiger partial charge >= 0.3 is 0 Å². The molecule has 0 aliphatic carbocycles. The lowest BCUT2D eigenvalue weighted by molar-refractivity contribution is -0.131. The first-order chi connectivity index (χ1) is 13.0. The third kappa shape index (κ3) is 5.30. The minimum Gasteiger partial charge on any atom is -0.388 e. The highest BCUT2D eigenvalue weighted by Crippen LogP contribution is 2.23. The number of likely N-dealkylation sites (tertiary alicyclic amines) is 1. The van der Waals surface area contributed by atoms with Crippen molar-refractivity contribution in [3.8, 4) is 0 Å². The number of hydrogen-bond donors (Lipinski definition) is 3. The molecule has 0 saturated carbocycles. The first-order valence-corrected chi connectivity index (χ1v) is 9.51. The van der Waals surface area contributed by atoms with E-state index in [1.165, 1.54) is 0 Å². The molecule has 1 aliphatic rings. The monoisotopic (exact) mass is 388 g/mol. The summed E-state index contributed by atoms with van der Waals surface area (Å²) in [5.41, 5.74) is 0.797. The zero-order chi connectivity index (χ0) is 19.3. The first kappa shape index (κ1) is 19.8. The molecular weight excluding hydrogens is 364 g/mol. The molecule has 5 nitrogen and oxygen atoms in total. The van der Waals surface area contributed by atoms with E-state index in [1.54, 1.807) is 4.90 Å². The summed E-state index contributed by atoms with van der Waals surface area (Å²) in [7, 11) is 0. The number of β-amino-alcohol motifs (C(OH)–C–C–N with tert-alkyl or cyclic N) is 2. The molecule has 0 aromatic heterocycles. The highest BCUT2D eigenvalue weighted by atomic mass is 35.5. The van der Waals surface area contributed by atoms with Crippen molar-refractivity contribution in [1.29, 1.82) is 0 Å². The molecule has 1 aliphatic heterocycles.